The van der Waals surface area contributed by atoms with E-state index in [0.29, 0.717) is 0 Å². The average Bonchev–Trinajstić information content (AvgIpc) is 2.39. The normalized spacial score (nSPS) is 12.8. The van der Waals surface area contributed by atoms with Crippen molar-refractivity contribution in [3.8, 4) is 5.75 Å². The van der Waals surface area contributed by atoms with Crippen LogP contribution in [0.15, 0.2) is 22.7 Å². The third-order valence-electron chi connectivity index (χ3n) is 2.72. The number of hydrogen-bond acceptors (Lipinski definition) is 4. The quantitative estimate of drug-likeness (QED) is 0.785. The Hall–Kier alpha value is -0.620. The number of nitrogens with one attached hydrogen (secondary N) is 1. The van der Waals surface area contributed by atoms with Crippen molar-refractivity contribution in [1.82, 2.24) is 5.32 Å². The minimum Gasteiger partial charge on any atom is -0.496 e. The van der Waals surface area contributed by atoms with E-state index in [4.69, 9.17) is 14.2 Å². The van der Waals surface area contributed by atoms with Crippen LogP contribution in [0, 0.1) is 0 Å². The molecule has 4 nitrogen and oxygen atoms in total. The van der Waals surface area contributed by atoms with E-state index in [-0.39, 0.29) is 12.3 Å². The van der Waals surface area contributed by atoms with Crippen molar-refractivity contribution in [2.45, 2.75) is 25.8 Å². The van der Waals surface area contributed by atoms with Gasteiger partial charge in [0.05, 0.1) is 17.6 Å². The number of methoxy groups -OCH3 is 3. The Kier molecular flexibility index (Phi) is 6.63. The molecule has 0 saturated carbocycles. The molecule has 0 aliphatic rings. The third-order valence-corrected chi connectivity index (χ3v) is 3.37. The summed E-state index contributed by atoms with van der Waals surface area (Å²) in [5.74, 6) is 0.831. The molecule has 0 heterocycles. The molecule has 1 atom stereocenters. The Morgan fingerprint density at radius 3 is 2.44 bits per heavy atom. The predicted octanol–water partition coefficient (Wildman–Crippen LogP) is 2.55. The van der Waals surface area contributed by atoms with Crippen LogP contribution >= 0.6 is 15.9 Å². The van der Waals surface area contributed by atoms with Gasteiger partial charge >= 0.3 is 0 Å². The molecular weight excluding hydrogens is 298 g/mol. The molecular formula is C13H20BrNO3. The standard InChI is InChI=1S/C13H20BrNO3/c1-9(13(17-3)18-4)15-8-10-5-6-11(14)12(7-10)16-2/h5-7,9,13,15H,8H2,1-4H3/t9-/m1/s1. The summed E-state index contributed by atoms with van der Waals surface area (Å²) in [7, 11) is 4.93. The molecule has 0 fully saturated rings. The lowest BCUT2D eigenvalue weighted by molar-refractivity contribution is -0.119. The molecule has 0 spiro atoms. The predicted molar refractivity (Wildman–Crippen MR) is 74.8 cm³/mol. The monoisotopic (exact) mass is 317 g/mol. The van der Waals surface area contributed by atoms with E-state index < -0.39 is 0 Å². The number of rotatable bonds is 7. The van der Waals surface area contributed by atoms with E-state index in [1.54, 1.807) is 21.3 Å². The van der Waals surface area contributed by atoms with Crippen LogP contribution in [0.4, 0.5) is 0 Å². The lowest BCUT2D eigenvalue weighted by Crippen LogP contribution is -2.39. The zero-order valence-corrected chi connectivity index (χ0v) is 12.8. The molecule has 1 N–H and O–H groups in total. The van der Waals surface area contributed by atoms with Crippen LogP contribution in [-0.4, -0.2) is 33.7 Å². The Morgan fingerprint density at radius 2 is 1.89 bits per heavy atom. The molecule has 0 aromatic heterocycles. The van der Waals surface area contributed by atoms with Gasteiger partial charge in [-0.1, -0.05) is 6.07 Å². The first kappa shape index (κ1) is 15.4. The first-order chi connectivity index (χ1) is 8.62. The Morgan fingerprint density at radius 1 is 1.22 bits per heavy atom. The third kappa shape index (κ3) is 4.24. The molecule has 0 aliphatic carbocycles. The largest absolute Gasteiger partial charge is 0.496 e. The van der Waals surface area contributed by atoms with Gasteiger partial charge in [-0.05, 0) is 40.5 Å². The Labute approximate surface area is 117 Å². The van der Waals surface area contributed by atoms with Gasteiger partial charge in [-0.15, -0.1) is 0 Å². The summed E-state index contributed by atoms with van der Waals surface area (Å²) >= 11 is 3.43. The molecule has 102 valence electrons. The Bertz CT molecular complexity index is 369. The van der Waals surface area contributed by atoms with Gasteiger partial charge < -0.3 is 19.5 Å². The molecule has 0 bridgehead atoms. The van der Waals surface area contributed by atoms with Gasteiger partial charge in [-0.3, -0.25) is 0 Å². The maximum atomic E-state index is 5.26. The maximum Gasteiger partial charge on any atom is 0.171 e. The van der Waals surface area contributed by atoms with Crippen molar-refractivity contribution in [3.63, 3.8) is 0 Å². The van der Waals surface area contributed by atoms with Gasteiger partial charge in [-0.25, -0.2) is 0 Å². The summed E-state index contributed by atoms with van der Waals surface area (Å²) in [6.07, 6.45) is -0.248. The number of hydrogen-bond donors (Lipinski definition) is 1. The van der Waals surface area contributed by atoms with E-state index >= 15 is 0 Å². The average molecular weight is 318 g/mol. The molecule has 0 aliphatic heterocycles. The van der Waals surface area contributed by atoms with E-state index in [2.05, 4.69) is 21.2 Å². The Balaban J connectivity index is 2.58. The summed E-state index contributed by atoms with van der Waals surface area (Å²) in [6, 6.07) is 6.12. The summed E-state index contributed by atoms with van der Waals surface area (Å²) in [6.45, 7) is 2.75. The van der Waals surface area contributed by atoms with Crippen molar-refractivity contribution in [3.05, 3.63) is 28.2 Å². The van der Waals surface area contributed by atoms with E-state index in [0.717, 1.165) is 22.3 Å². The molecule has 0 amide bonds. The van der Waals surface area contributed by atoms with Crippen LogP contribution in [0.5, 0.6) is 5.75 Å². The van der Waals surface area contributed by atoms with Gasteiger partial charge in [0, 0.05) is 20.8 Å². The lowest BCUT2D eigenvalue weighted by Gasteiger charge is -2.22. The highest BCUT2D eigenvalue weighted by Gasteiger charge is 2.14. The molecule has 1 aromatic carbocycles. The summed E-state index contributed by atoms with van der Waals surface area (Å²) in [5, 5.41) is 3.35. The van der Waals surface area contributed by atoms with Gasteiger partial charge in [0.25, 0.3) is 0 Å². The molecule has 1 rings (SSSR count). The minimum atomic E-state index is -0.248. The summed E-state index contributed by atoms with van der Waals surface area (Å²) in [4.78, 5) is 0. The first-order valence-electron chi connectivity index (χ1n) is 5.73. The van der Waals surface area contributed by atoms with Crippen LogP contribution in [-0.2, 0) is 16.0 Å². The van der Waals surface area contributed by atoms with Crippen LogP contribution in [0.3, 0.4) is 0 Å². The van der Waals surface area contributed by atoms with E-state index in [1.165, 1.54) is 0 Å². The van der Waals surface area contributed by atoms with Crippen molar-refractivity contribution < 1.29 is 14.2 Å². The zero-order chi connectivity index (χ0) is 13.5. The molecule has 0 radical (unpaired) electrons. The first-order valence-corrected chi connectivity index (χ1v) is 6.53. The van der Waals surface area contributed by atoms with Crippen molar-refractivity contribution in [2.75, 3.05) is 21.3 Å². The fraction of sp³-hybridized carbons (Fsp3) is 0.538. The highest BCUT2D eigenvalue weighted by atomic mass is 79.9. The second-order valence-electron chi connectivity index (χ2n) is 3.98. The van der Waals surface area contributed by atoms with E-state index in [9.17, 15) is 0 Å². The highest BCUT2D eigenvalue weighted by molar-refractivity contribution is 9.10. The highest BCUT2D eigenvalue weighted by Crippen LogP contribution is 2.25. The van der Waals surface area contributed by atoms with E-state index in [1.807, 2.05) is 25.1 Å². The fourth-order valence-electron chi connectivity index (χ4n) is 1.69. The molecule has 5 heteroatoms. The van der Waals surface area contributed by atoms with Gasteiger partial charge in [0.2, 0.25) is 0 Å². The molecule has 0 saturated heterocycles. The van der Waals surface area contributed by atoms with Crippen molar-refractivity contribution in [1.29, 1.82) is 0 Å². The maximum absolute atomic E-state index is 5.26. The molecule has 1 aromatic rings. The number of benzene rings is 1. The summed E-state index contributed by atoms with van der Waals surface area (Å²) < 4.78 is 16.6. The summed E-state index contributed by atoms with van der Waals surface area (Å²) in [5.41, 5.74) is 1.15. The van der Waals surface area contributed by atoms with Crippen LogP contribution in [0.25, 0.3) is 0 Å². The smallest absolute Gasteiger partial charge is 0.171 e. The molecule has 18 heavy (non-hydrogen) atoms. The van der Waals surface area contributed by atoms with Crippen molar-refractivity contribution >= 4 is 15.9 Å². The molecule has 0 unspecified atom stereocenters. The van der Waals surface area contributed by atoms with Gasteiger partial charge in [0.1, 0.15) is 5.75 Å². The number of halogens is 1. The van der Waals surface area contributed by atoms with Crippen LogP contribution < -0.4 is 10.1 Å². The zero-order valence-electron chi connectivity index (χ0n) is 11.2. The second kappa shape index (κ2) is 7.74. The van der Waals surface area contributed by atoms with Crippen LogP contribution in [0.1, 0.15) is 12.5 Å². The second-order valence-corrected chi connectivity index (χ2v) is 4.83. The fourth-order valence-corrected chi connectivity index (χ4v) is 2.10. The van der Waals surface area contributed by atoms with Gasteiger partial charge in [-0.2, -0.15) is 0 Å². The van der Waals surface area contributed by atoms with Gasteiger partial charge in [0.15, 0.2) is 6.29 Å². The lowest BCUT2D eigenvalue weighted by atomic mass is 10.2. The minimum absolute atomic E-state index is 0.106. The van der Waals surface area contributed by atoms with Crippen molar-refractivity contribution in [2.24, 2.45) is 0 Å². The van der Waals surface area contributed by atoms with Crippen LogP contribution in [0.2, 0.25) is 0 Å². The number of ether oxygens (including phenoxy) is 3. The topological polar surface area (TPSA) is 39.7 Å². The SMILES string of the molecule is COc1cc(CN[C@H](C)C(OC)OC)ccc1Br.